The molecule has 28 heavy (non-hydrogen) atoms. The zero-order valence-corrected chi connectivity index (χ0v) is 16.1. The van der Waals surface area contributed by atoms with Crippen LogP contribution in [0, 0.1) is 5.92 Å². The van der Waals surface area contributed by atoms with Gasteiger partial charge in [-0.3, -0.25) is 4.79 Å². The molecule has 3 N–H and O–H groups in total. The fourth-order valence-corrected chi connectivity index (χ4v) is 4.64. The molecule has 1 saturated carbocycles. The molecule has 148 valence electrons. The summed E-state index contributed by atoms with van der Waals surface area (Å²) in [5.41, 5.74) is 7.13. The topological polar surface area (TPSA) is 75.8 Å². The first-order chi connectivity index (χ1) is 13.6. The largest absolute Gasteiger partial charge is 0.508 e. The Morgan fingerprint density at radius 1 is 1.04 bits per heavy atom. The monoisotopic (exact) mass is 380 g/mol. The number of fused-ring (bicyclic) bond motifs is 1. The number of phenols is 1. The van der Waals surface area contributed by atoms with E-state index < -0.39 is 0 Å². The van der Waals surface area contributed by atoms with Crippen molar-refractivity contribution < 1.29 is 14.6 Å². The number of benzene rings is 2. The third-order valence-electron chi connectivity index (χ3n) is 6.04. The molecular formula is C23H28N2O3. The van der Waals surface area contributed by atoms with Gasteiger partial charge in [-0.2, -0.15) is 0 Å². The van der Waals surface area contributed by atoms with Gasteiger partial charge in [0.25, 0.3) is 5.91 Å². The van der Waals surface area contributed by atoms with Crippen molar-refractivity contribution in [1.82, 2.24) is 4.90 Å². The van der Waals surface area contributed by atoms with Crippen LogP contribution in [0.4, 0.5) is 0 Å². The summed E-state index contributed by atoms with van der Waals surface area (Å²) in [6.07, 6.45) is 7.06. The van der Waals surface area contributed by atoms with E-state index in [-0.39, 0.29) is 11.7 Å². The van der Waals surface area contributed by atoms with Crippen molar-refractivity contribution in [2.24, 2.45) is 11.7 Å². The number of phenolic OH excluding ortho intramolecular Hbond substituents is 1. The molecule has 1 aliphatic carbocycles. The quantitative estimate of drug-likeness (QED) is 0.822. The lowest BCUT2D eigenvalue weighted by Gasteiger charge is -2.44. The molecule has 2 aromatic rings. The van der Waals surface area contributed by atoms with Crippen LogP contribution in [0.1, 0.15) is 54.4 Å². The van der Waals surface area contributed by atoms with Gasteiger partial charge in [0.2, 0.25) is 0 Å². The minimum absolute atomic E-state index is 0.00386. The summed E-state index contributed by atoms with van der Waals surface area (Å²) in [6, 6.07) is 12.6. The van der Waals surface area contributed by atoms with Crippen LogP contribution in [0.2, 0.25) is 0 Å². The Hall–Kier alpha value is -2.53. The maximum absolute atomic E-state index is 13.2. The van der Waals surface area contributed by atoms with E-state index in [0.29, 0.717) is 35.6 Å². The summed E-state index contributed by atoms with van der Waals surface area (Å²) in [5.74, 6) is 1.76. The maximum Gasteiger partial charge on any atom is 0.254 e. The number of nitrogens with two attached hydrogens (primary N) is 1. The number of rotatable bonds is 4. The lowest BCUT2D eigenvalue weighted by atomic mass is 9.78. The van der Waals surface area contributed by atoms with Gasteiger partial charge < -0.3 is 20.5 Å². The van der Waals surface area contributed by atoms with Crippen molar-refractivity contribution in [2.75, 3.05) is 6.54 Å². The minimum Gasteiger partial charge on any atom is -0.508 e. The van der Waals surface area contributed by atoms with E-state index >= 15 is 0 Å². The number of likely N-dealkylation sites (tertiary alicyclic amines) is 1. The molecule has 2 atom stereocenters. The summed E-state index contributed by atoms with van der Waals surface area (Å²) in [7, 11) is 0. The van der Waals surface area contributed by atoms with Crippen LogP contribution in [-0.4, -0.2) is 28.5 Å². The van der Waals surface area contributed by atoms with Gasteiger partial charge in [0.15, 0.2) is 0 Å². The molecule has 1 aliphatic heterocycles. The molecule has 4 rings (SSSR count). The van der Waals surface area contributed by atoms with Crippen LogP contribution in [-0.2, 0) is 6.54 Å². The molecule has 2 fully saturated rings. The van der Waals surface area contributed by atoms with E-state index in [1.54, 1.807) is 12.1 Å². The summed E-state index contributed by atoms with van der Waals surface area (Å²) in [4.78, 5) is 15.3. The van der Waals surface area contributed by atoms with Crippen molar-refractivity contribution >= 4 is 5.91 Å². The molecule has 5 heteroatoms. The third kappa shape index (κ3) is 3.99. The first kappa shape index (κ1) is 18.8. The Kier molecular flexibility index (Phi) is 5.53. The van der Waals surface area contributed by atoms with E-state index in [0.717, 1.165) is 24.9 Å². The Labute approximate surface area is 166 Å². The highest BCUT2D eigenvalue weighted by Gasteiger charge is 2.36. The van der Waals surface area contributed by atoms with Gasteiger partial charge in [-0.1, -0.05) is 25.0 Å². The second-order valence-electron chi connectivity index (χ2n) is 7.92. The molecule has 0 radical (unpaired) electrons. The van der Waals surface area contributed by atoms with Crippen LogP contribution in [0.25, 0.3) is 0 Å². The molecule has 0 aromatic heterocycles. The summed E-state index contributed by atoms with van der Waals surface area (Å²) in [5, 5.41) is 10.2. The highest BCUT2D eigenvalue weighted by Crippen LogP contribution is 2.36. The van der Waals surface area contributed by atoms with Gasteiger partial charge in [-0.05, 0) is 61.4 Å². The van der Waals surface area contributed by atoms with Crippen molar-refractivity contribution in [3.63, 3.8) is 0 Å². The number of nitrogens with zero attached hydrogens (tertiary/aromatic N) is 1. The number of aromatic hydroxyl groups is 1. The lowest BCUT2D eigenvalue weighted by Crippen LogP contribution is -2.49. The predicted octanol–water partition coefficient (Wildman–Crippen LogP) is 4.44. The van der Waals surface area contributed by atoms with Crippen molar-refractivity contribution in [1.29, 1.82) is 0 Å². The van der Waals surface area contributed by atoms with Crippen LogP contribution in [0.15, 0.2) is 42.5 Å². The highest BCUT2D eigenvalue weighted by atomic mass is 16.5. The smallest absolute Gasteiger partial charge is 0.254 e. The predicted molar refractivity (Wildman–Crippen MR) is 109 cm³/mol. The summed E-state index contributed by atoms with van der Waals surface area (Å²) in [6.45, 7) is 1.27. The summed E-state index contributed by atoms with van der Waals surface area (Å²) >= 11 is 0. The lowest BCUT2D eigenvalue weighted by molar-refractivity contribution is 0.0390. The fraction of sp³-hybridized carbons (Fsp3) is 0.435. The van der Waals surface area contributed by atoms with Gasteiger partial charge in [0.1, 0.15) is 17.2 Å². The highest BCUT2D eigenvalue weighted by molar-refractivity contribution is 5.95. The number of ether oxygens (including phenoxy) is 1. The number of carbonyl (C=O) groups excluding carboxylic acids is 1. The summed E-state index contributed by atoms with van der Waals surface area (Å²) < 4.78 is 5.87. The Bertz CT molecular complexity index is 832. The van der Waals surface area contributed by atoms with Gasteiger partial charge in [0.05, 0.1) is 0 Å². The molecule has 1 heterocycles. The molecule has 0 bridgehead atoms. The number of piperidine rings is 1. The van der Waals surface area contributed by atoms with Gasteiger partial charge in [-0.25, -0.2) is 0 Å². The molecule has 1 saturated heterocycles. The normalized spacial score (nSPS) is 21.8. The van der Waals surface area contributed by atoms with Crippen LogP contribution < -0.4 is 10.5 Å². The van der Waals surface area contributed by atoms with E-state index in [2.05, 4.69) is 0 Å². The SMILES string of the molecule is NCc1ccc(Oc2cc(O)cc(C(=O)N3CCCC4CCCCC43)c2)cc1. The van der Waals surface area contributed by atoms with Crippen molar-refractivity contribution in [3.8, 4) is 17.2 Å². The average Bonchev–Trinajstić information content (AvgIpc) is 2.73. The molecule has 1 amide bonds. The van der Waals surface area contributed by atoms with E-state index in [1.165, 1.54) is 31.7 Å². The molecule has 5 nitrogen and oxygen atoms in total. The number of hydrogen-bond donors (Lipinski definition) is 2. The van der Waals surface area contributed by atoms with Gasteiger partial charge in [0, 0.05) is 30.8 Å². The zero-order chi connectivity index (χ0) is 19.5. The third-order valence-corrected chi connectivity index (χ3v) is 6.04. The van der Waals surface area contributed by atoms with Crippen molar-refractivity contribution in [2.45, 2.75) is 51.1 Å². The van der Waals surface area contributed by atoms with Crippen LogP contribution >= 0.6 is 0 Å². The molecule has 2 aromatic carbocycles. The Morgan fingerprint density at radius 2 is 1.79 bits per heavy atom. The van der Waals surface area contributed by atoms with E-state index in [9.17, 15) is 9.90 Å². The molecule has 2 aliphatic rings. The van der Waals surface area contributed by atoms with Crippen LogP contribution in [0.5, 0.6) is 17.2 Å². The molecule has 0 spiro atoms. The fourth-order valence-electron chi connectivity index (χ4n) is 4.64. The minimum atomic E-state index is -0.00386. The van der Waals surface area contributed by atoms with Gasteiger partial charge >= 0.3 is 0 Å². The second-order valence-corrected chi connectivity index (χ2v) is 7.92. The second kappa shape index (κ2) is 8.23. The standard InChI is InChI=1S/C23H28N2O3/c24-15-16-7-9-20(10-8-16)28-21-13-18(12-19(26)14-21)23(27)25-11-3-5-17-4-1-2-6-22(17)25/h7-10,12-14,17,22,26H,1-6,11,15,24H2. The Balaban J connectivity index is 1.54. The zero-order valence-electron chi connectivity index (χ0n) is 16.1. The van der Waals surface area contributed by atoms with Crippen LogP contribution in [0.3, 0.4) is 0 Å². The number of amides is 1. The van der Waals surface area contributed by atoms with E-state index in [1.807, 2.05) is 29.2 Å². The number of carbonyl (C=O) groups is 1. The molecule has 2 unspecified atom stereocenters. The van der Waals surface area contributed by atoms with Crippen molar-refractivity contribution in [3.05, 3.63) is 53.6 Å². The maximum atomic E-state index is 13.2. The first-order valence-electron chi connectivity index (χ1n) is 10.3. The Morgan fingerprint density at radius 3 is 2.57 bits per heavy atom. The molecular weight excluding hydrogens is 352 g/mol. The average molecular weight is 380 g/mol. The first-order valence-corrected chi connectivity index (χ1v) is 10.3. The van der Waals surface area contributed by atoms with E-state index in [4.69, 9.17) is 10.5 Å². The van der Waals surface area contributed by atoms with Gasteiger partial charge in [-0.15, -0.1) is 0 Å². The number of hydrogen-bond acceptors (Lipinski definition) is 4.